The van der Waals surface area contributed by atoms with Crippen LogP contribution in [0.5, 0.6) is 0 Å². The van der Waals surface area contributed by atoms with Gasteiger partial charge in [-0.2, -0.15) is 0 Å². The molecule has 10 heteroatoms. The second kappa shape index (κ2) is 11.3. The fourth-order valence-corrected chi connectivity index (χ4v) is 3.09. The molecule has 1 aromatic rings. The van der Waals surface area contributed by atoms with E-state index >= 15 is 0 Å². The van der Waals surface area contributed by atoms with Crippen molar-refractivity contribution in [3.63, 3.8) is 0 Å². The minimum atomic E-state index is -0.784. The number of amides is 1. The number of hydrogen-bond donors (Lipinski definition) is 0. The topological polar surface area (TPSA) is 111 Å². The summed E-state index contributed by atoms with van der Waals surface area (Å²) in [6, 6.07) is 4.25. The van der Waals surface area contributed by atoms with Crippen molar-refractivity contribution < 1.29 is 28.7 Å². The summed E-state index contributed by atoms with van der Waals surface area (Å²) >= 11 is 0. The van der Waals surface area contributed by atoms with Gasteiger partial charge < -0.3 is 24.0 Å². The molecular weight excluding hydrogens is 382 g/mol. The predicted octanol–water partition coefficient (Wildman–Crippen LogP) is 1.47. The summed E-state index contributed by atoms with van der Waals surface area (Å²) in [6.45, 7) is 2.39. The third-order valence-electron chi connectivity index (χ3n) is 4.66. The van der Waals surface area contributed by atoms with Gasteiger partial charge in [-0.05, 0) is 25.0 Å². The Bertz CT molecular complexity index is 712. The monoisotopic (exact) mass is 409 g/mol. The summed E-state index contributed by atoms with van der Waals surface area (Å²) in [5.74, 6) is -1.18. The quantitative estimate of drug-likeness (QED) is 0.307. The van der Waals surface area contributed by atoms with E-state index < -0.39 is 23.4 Å². The molecule has 160 valence electrons. The second-order valence-corrected chi connectivity index (χ2v) is 6.60. The molecule has 0 aromatic heterocycles. The lowest BCUT2D eigenvalue weighted by molar-refractivity contribution is -0.384. The highest BCUT2D eigenvalue weighted by Gasteiger charge is 2.25. The van der Waals surface area contributed by atoms with Crippen molar-refractivity contribution in [1.29, 1.82) is 0 Å². The number of methoxy groups -OCH3 is 2. The van der Waals surface area contributed by atoms with E-state index in [0.717, 1.165) is 25.9 Å². The Morgan fingerprint density at radius 1 is 1.14 bits per heavy atom. The number of nitro groups is 1. The minimum absolute atomic E-state index is 0.0350. The highest BCUT2D eigenvalue weighted by Crippen LogP contribution is 2.31. The molecule has 1 aliphatic rings. The average Bonchev–Trinajstić information content (AvgIpc) is 3.26. The van der Waals surface area contributed by atoms with E-state index in [9.17, 15) is 19.7 Å². The molecule has 0 unspecified atom stereocenters. The molecule has 0 radical (unpaired) electrons. The number of benzene rings is 1. The first-order chi connectivity index (χ1) is 14.0. The van der Waals surface area contributed by atoms with Crippen molar-refractivity contribution in [3.8, 4) is 0 Å². The third kappa shape index (κ3) is 6.40. The molecule has 0 spiro atoms. The minimum Gasteiger partial charge on any atom is -0.452 e. The van der Waals surface area contributed by atoms with Gasteiger partial charge in [0.1, 0.15) is 5.69 Å². The molecule has 0 aliphatic carbocycles. The highest BCUT2D eigenvalue weighted by molar-refractivity contribution is 5.93. The summed E-state index contributed by atoms with van der Waals surface area (Å²) < 4.78 is 15.0. The zero-order chi connectivity index (χ0) is 21.2. The summed E-state index contributed by atoms with van der Waals surface area (Å²) in [4.78, 5) is 39.0. The Balaban J connectivity index is 2.02. The Morgan fingerprint density at radius 3 is 2.31 bits per heavy atom. The first-order valence-electron chi connectivity index (χ1n) is 9.44. The third-order valence-corrected chi connectivity index (χ3v) is 4.66. The van der Waals surface area contributed by atoms with Gasteiger partial charge in [0.15, 0.2) is 6.61 Å². The van der Waals surface area contributed by atoms with E-state index in [0.29, 0.717) is 32.0 Å². The number of nitrogens with zero attached hydrogens (tertiary/aromatic N) is 3. The normalized spacial score (nSPS) is 13.4. The number of hydrogen-bond acceptors (Lipinski definition) is 8. The number of carbonyl (C=O) groups is 2. The van der Waals surface area contributed by atoms with E-state index in [-0.39, 0.29) is 11.3 Å². The zero-order valence-electron chi connectivity index (χ0n) is 16.8. The van der Waals surface area contributed by atoms with E-state index in [2.05, 4.69) is 0 Å². The van der Waals surface area contributed by atoms with Crippen LogP contribution in [0.15, 0.2) is 18.2 Å². The first kappa shape index (κ1) is 22.6. The second-order valence-electron chi connectivity index (χ2n) is 6.60. The van der Waals surface area contributed by atoms with E-state index in [4.69, 9.17) is 14.2 Å². The predicted molar refractivity (Wildman–Crippen MR) is 105 cm³/mol. The number of esters is 1. The fraction of sp³-hybridized carbons (Fsp3) is 0.579. The van der Waals surface area contributed by atoms with Crippen LogP contribution in [0.4, 0.5) is 11.4 Å². The average molecular weight is 409 g/mol. The maximum atomic E-state index is 12.3. The summed E-state index contributed by atoms with van der Waals surface area (Å²) in [5, 5.41) is 11.5. The Morgan fingerprint density at radius 2 is 1.76 bits per heavy atom. The number of rotatable bonds is 11. The lowest BCUT2D eigenvalue weighted by atomic mass is 10.1. The van der Waals surface area contributed by atoms with Gasteiger partial charge in [0.05, 0.1) is 23.7 Å². The molecular formula is C19H27N3O7. The number of carbonyl (C=O) groups excluding carboxylic acids is 2. The van der Waals surface area contributed by atoms with E-state index in [1.165, 1.54) is 31.3 Å². The van der Waals surface area contributed by atoms with Crippen molar-refractivity contribution in [1.82, 2.24) is 4.90 Å². The van der Waals surface area contributed by atoms with Gasteiger partial charge in [0.2, 0.25) is 0 Å². The van der Waals surface area contributed by atoms with E-state index in [1.807, 2.05) is 4.90 Å². The molecule has 1 heterocycles. The Kier molecular flexibility index (Phi) is 8.81. The van der Waals surface area contributed by atoms with Crippen LogP contribution in [0.25, 0.3) is 0 Å². The zero-order valence-corrected chi connectivity index (χ0v) is 16.8. The number of ether oxygens (including phenoxy) is 3. The molecule has 0 atom stereocenters. The smallest absolute Gasteiger partial charge is 0.338 e. The van der Waals surface area contributed by atoms with Crippen LogP contribution < -0.4 is 4.90 Å². The highest BCUT2D eigenvalue weighted by atomic mass is 16.6. The molecule has 1 aliphatic heterocycles. The molecule has 1 fully saturated rings. The standard InChI is InChI=1S/C19H27N3O7/c1-27-11-9-21(10-12-28-2)18(23)14-29-19(24)15-5-6-16(17(13-15)22(25)26)20-7-3-4-8-20/h5-6,13H,3-4,7-12,14H2,1-2H3. The van der Waals surface area contributed by atoms with Crippen LogP contribution in [0, 0.1) is 10.1 Å². The number of nitro benzene ring substituents is 1. The van der Waals surface area contributed by atoms with Crippen LogP contribution in [0.3, 0.4) is 0 Å². The maximum Gasteiger partial charge on any atom is 0.338 e. The molecule has 1 saturated heterocycles. The van der Waals surface area contributed by atoms with Crippen LogP contribution in [-0.4, -0.2) is 81.9 Å². The summed E-state index contributed by atoms with van der Waals surface area (Å²) in [6.07, 6.45) is 1.96. The van der Waals surface area contributed by atoms with Gasteiger partial charge in [-0.25, -0.2) is 4.79 Å². The van der Waals surface area contributed by atoms with Crippen LogP contribution in [0.1, 0.15) is 23.2 Å². The Hall–Kier alpha value is -2.72. The molecule has 0 saturated carbocycles. The van der Waals surface area contributed by atoms with Gasteiger partial charge in [-0.15, -0.1) is 0 Å². The fourth-order valence-electron chi connectivity index (χ4n) is 3.09. The van der Waals surface area contributed by atoms with Crippen molar-refractivity contribution in [3.05, 3.63) is 33.9 Å². The van der Waals surface area contributed by atoms with Crippen molar-refractivity contribution in [2.24, 2.45) is 0 Å². The molecule has 29 heavy (non-hydrogen) atoms. The van der Waals surface area contributed by atoms with Gasteiger partial charge in [-0.1, -0.05) is 0 Å². The lowest BCUT2D eigenvalue weighted by Gasteiger charge is -2.22. The lowest BCUT2D eigenvalue weighted by Crippen LogP contribution is -2.39. The molecule has 0 N–H and O–H groups in total. The van der Waals surface area contributed by atoms with Gasteiger partial charge >= 0.3 is 5.97 Å². The van der Waals surface area contributed by atoms with Crippen LogP contribution >= 0.6 is 0 Å². The van der Waals surface area contributed by atoms with Gasteiger partial charge in [0, 0.05) is 46.5 Å². The molecule has 2 rings (SSSR count). The van der Waals surface area contributed by atoms with Crippen molar-refractivity contribution >= 4 is 23.3 Å². The van der Waals surface area contributed by atoms with Gasteiger partial charge in [-0.3, -0.25) is 14.9 Å². The SMILES string of the molecule is COCCN(CCOC)C(=O)COC(=O)c1ccc(N2CCCC2)c([N+](=O)[O-])c1. The Labute approximate surface area is 169 Å². The first-order valence-corrected chi connectivity index (χ1v) is 9.44. The van der Waals surface area contributed by atoms with Gasteiger partial charge in [0.25, 0.3) is 11.6 Å². The molecule has 1 amide bonds. The summed E-state index contributed by atoms with van der Waals surface area (Å²) in [7, 11) is 3.05. The van der Waals surface area contributed by atoms with Crippen molar-refractivity contribution in [2.45, 2.75) is 12.8 Å². The molecule has 0 bridgehead atoms. The number of anilines is 1. The molecule has 1 aromatic carbocycles. The van der Waals surface area contributed by atoms with Crippen molar-refractivity contribution in [2.75, 3.05) is 65.1 Å². The van der Waals surface area contributed by atoms with E-state index in [1.54, 1.807) is 6.07 Å². The van der Waals surface area contributed by atoms with Crippen LogP contribution in [0.2, 0.25) is 0 Å². The maximum absolute atomic E-state index is 12.3. The van der Waals surface area contributed by atoms with Crippen LogP contribution in [-0.2, 0) is 19.0 Å². The summed E-state index contributed by atoms with van der Waals surface area (Å²) in [5.41, 5.74) is 0.382. The molecule has 10 nitrogen and oxygen atoms in total. The largest absolute Gasteiger partial charge is 0.452 e.